The van der Waals surface area contributed by atoms with Crippen LogP contribution in [0.2, 0.25) is 0 Å². The van der Waals surface area contributed by atoms with Crippen molar-refractivity contribution in [2.75, 3.05) is 6.61 Å². The van der Waals surface area contributed by atoms with Crippen LogP contribution in [0, 0.1) is 0 Å². The largest absolute Gasteiger partial charge is 0.490 e. The summed E-state index contributed by atoms with van der Waals surface area (Å²) in [6, 6.07) is 10.1. The molecule has 128 valence electrons. The number of aliphatic hydroxyl groups is 1. The summed E-state index contributed by atoms with van der Waals surface area (Å²) >= 11 is 0. The van der Waals surface area contributed by atoms with E-state index in [9.17, 15) is 9.90 Å². The summed E-state index contributed by atoms with van der Waals surface area (Å²) in [5.41, 5.74) is 0.508. The lowest BCUT2D eigenvalue weighted by molar-refractivity contribution is 0.0906. The molecule has 2 N–H and O–H groups in total. The smallest absolute Gasteiger partial charge is 0.252 e. The Morgan fingerprint density at radius 1 is 1.25 bits per heavy atom. The molecule has 1 unspecified atom stereocenters. The van der Waals surface area contributed by atoms with E-state index in [-0.39, 0.29) is 18.6 Å². The van der Waals surface area contributed by atoms with Gasteiger partial charge in [-0.25, -0.2) is 0 Å². The molecule has 5 heteroatoms. The number of hydrogen-bond donors (Lipinski definition) is 2. The van der Waals surface area contributed by atoms with Gasteiger partial charge in [-0.3, -0.25) is 4.79 Å². The molecule has 24 heavy (non-hydrogen) atoms. The summed E-state index contributed by atoms with van der Waals surface area (Å²) in [5.74, 6) is 0.980. The highest BCUT2D eigenvalue weighted by Crippen LogP contribution is 2.24. The third-order valence-corrected chi connectivity index (χ3v) is 4.33. The Balaban J connectivity index is 1.65. The van der Waals surface area contributed by atoms with E-state index >= 15 is 0 Å². The highest BCUT2D eigenvalue weighted by atomic mass is 16.5. The standard InChI is InChI=1S/C19H23NO4/c21-13-17(18-10-5-11-23-18)20-19(22)14-6-4-9-16(12-14)24-15-7-2-1-3-8-15/h4-6,9-12,15,17,21H,1-3,7-8,13H2,(H,20,22). The highest BCUT2D eigenvalue weighted by molar-refractivity contribution is 5.94. The molecule has 1 aromatic carbocycles. The van der Waals surface area contributed by atoms with Gasteiger partial charge in [0.25, 0.3) is 5.91 Å². The molecule has 0 aliphatic heterocycles. The zero-order valence-electron chi connectivity index (χ0n) is 13.6. The van der Waals surface area contributed by atoms with Crippen LogP contribution in [0.15, 0.2) is 47.1 Å². The maximum atomic E-state index is 12.4. The van der Waals surface area contributed by atoms with E-state index in [1.165, 1.54) is 25.5 Å². The minimum Gasteiger partial charge on any atom is -0.490 e. The van der Waals surface area contributed by atoms with E-state index in [0.717, 1.165) is 12.8 Å². The number of benzene rings is 1. The number of amides is 1. The molecule has 1 aromatic heterocycles. The first kappa shape index (κ1) is 16.6. The molecule has 0 bridgehead atoms. The Bertz CT molecular complexity index is 647. The minimum absolute atomic E-state index is 0.225. The SMILES string of the molecule is O=C(NC(CO)c1ccco1)c1cccc(OC2CCCCC2)c1. The van der Waals surface area contributed by atoms with Gasteiger partial charge >= 0.3 is 0 Å². The number of ether oxygens (including phenoxy) is 1. The maximum absolute atomic E-state index is 12.4. The molecule has 1 aliphatic rings. The van der Waals surface area contributed by atoms with E-state index in [2.05, 4.69) is 5.32 Å². The third kappa shape index (κ3) is 4.17. The monoisotopic (exact) mass is 329 g/mol. The summed E-state index contributed by atoms with van der Waals surface area (Å²) in [6.07, 6.45) is 7.58. The molecule has 1 saturated carbocycles. The van der Waals surface area contributed by atoms with Crippen molar-refractivity contribution in [3.63, 3.8) is 0 Å². The van der Waals surface area contributed by atoms with Gasteiger partial charge in [0, 0.05) is 5.56 Å². The van der Waals surface area contributed by atoms with Gasteiger partial charge in [0.15, 0.2) is 0 Å². The highest BCUT2D eigenvalue weighted by Gasteiger charge is 2.19. The van der Waals surface area contributed by atoms with Crippen LogP contribution in [0.25, 0.3) is 0 Å². The Labute approximate surface area is 141 Å². The molecule has 1 heterocycles. The summed E-state index contributed by atoms with van der Waals surface area (Å²) in [5, 5.41) is 12.2. The predicted molar refractivity (Wildman–Crippen MR) is 89.9 cm³/mol. The minimum atomic E-state index is -0.560. The number of aliphatic hydroxyl groups excluding tert-OH is 1. The van der Waals surface area contributed by atoms with Crippen LogP contribution >= 0.6 is 0 Å². The first-order chi connectivity index (χ1) is 11.8. The van der Waals surface area contributed by atoms with Crippen LogP contribution in [-0.4, -0.2) is 23.7 Å². The lowest BCUT2D eigenvalue weighted by Crippen LogP contribution is -2.30. The van der Waals surface area contributed by atoms with Gasteiger partial charge in [0.1, 0.15) is 17.6 Å². The zero-order valence-corrected chi connectivity index (χ0v) is 13.6. The van der Waals surface area contributed by atoms with Gasteiger partial charge in [0.05, 0.1) is 19.0 Å². The van der Waals surface area contributed by atoms with Crippen LogP contribution in [0.3, 0.4) is 0 Å². The summed E-state index contributed by atoms with van der Waals surface area (Å²) in [4.78, 5) is 12.4. The molecular formula is C19H23NO4. The van der Waals surface area contributed by atoms with Crippen molar-refractivity contribution in [2.24, 2.45) is 0 Å². The molecule has 1 amide bonds. The average molecular weight is 329 g/mol. The van der Waals surface area contributed by atoms with Crippen molar-refractivity contribution < 1.29 is 19.1 Å². The number of carbonyl (C=O) groups is 1. The van der Waals surface area contributed by atoms with Crippen LogP contribution in [0.1, 0.15) is 54.3 Å². The molecule has 0 saturated heterocycles. The van der Waals surface area contributed by atoms with E-state index in [4.69, 9.17) is 9.15 Å². The molecule has 1 aliphatic carbocycles. The quantitative estimate of drug-likeness (QED) is 0.851. The van der Waals surface area contributed by atoms with Gasteiger partial charge < -0.3 is 19.6 Å². The molecule has 0 spiro atoms. The molecule has 1 fully saturated rings. The van der Waals surface area contributed by atoms with Gasteiger partial charge in [-0.15, -0.1) is 0 Å². The van der Waals surface area contributed by atoms with Crippen LogP contribution < -0.4 is 10.1 Å². The first-order valence-electron chi connectivity index (χ1n) is 8.48. The van der Waals surface area contributed by atoms with E-state index in [1.54, 1.807) is 24.3 Å². The number of nitrogens with one attached hydrogen (secondary N) is 1. The van der Waals surface area contributed by atoms with Crippen LogP contribution in [-0.2, 0) is 0 Å². The average Bonchev–Trinajstić information content (AvgIpc) is 3.15. The summed E-state index contributed by atoms with van der Waals surface area (Å²) in [7, 11) is 0. The number of rotatable bonds is 6. The van der Waals surface area contributed by atoms with Gasteiger partial charge in [-0.05, 0) is 56.0 Å². The Morgan fingerprint density at radius 2 is 2.08 bits per heavy atom. The Hall–Kier alpha value is -2.27. The van der Waals surface area contributed by atoms with Crippen LogP contribution in [0.4, 0.5) is 0 Å². The lowest BCUT2D eigenvalue weighted by Gasteiger charge is -2.23. The van der Waals surface area contributed by atoms with E-state index in [1.807, 2.05) is 12.1 Å². The fraction of sp³-hybridized carbons (Fsp3) is 0.421. The number of hydrogen-bond acceptors (Lipinski definition) is 4. The summed E-state index contributed by atoms with van der Waals surface area (Å²) < 4.78 is 11.2. The van der Waals surface area contributed by atoms with Gasteiger partial charge in [-0.1, -0.05) is 12.5 Å². The second-order valence-corrected chi connectivity index (χ2v) is 6.13. The van der Waals surface area contributed by atoms with Crippen molar-refractivity contribution >= 4 is 5.91 Å². The van der Waals surface area contributed by atoms with Crippen molar-refractivity contribution in [3.05, 3.63) is 54.0 Å². The first-order valence-corrected chi connectivity index (χ1v) is 8.48. The van der Waals surface area contributed by atoms with Crippen molar-refractivity contribution in [3.8, 4) is 5.75 Å². The van der Waals surface area contributed by atoms with Gasteiger partial charge in [0.2, 0.25) is 0 Å². The van der Waals surface area contributed by atoms with E-state index < -0.39 is 6.04 Å². The fourth-order valence-electron chi connectivity index (χ4n) is 3.02. The molecule has 2 aromatic rings. The van der Waals surface area contributed by atoms with Crippen molar-refractivity contribution in [2.45, 2.75) is 44.2 Å². The topological polar surface area (TPSA) is 71.7 Å². The maximum Gasteiger partial charge on any atom is 0.252 e. The molecule has 5 nitrogen and oxygen atoms in total. The van der Waals surface area contributed by atoms with Gasteiger partial charge in [-0.2, -0.15) is 0 Å². The Morgan fingerprint density at radius 3 is 2.79 bits per heavy atom. The lowest BCUT2D eigenvalue weighted by atomic mass is 9.98. The van der Waals surface area contributed by atoms with E-state index in [0.29, 0.717) is 17.1 Å². The molecular weight excluding hydrogens is 306 g/mol. The number of furan rings is 1. The molecule has 1 atom stereocenters. The third-order valence-electron chi connectivity index (χ3n) is 4.33. The second kappa shape index (κ2) is 8.02. The molecule has 0 radical (unpaired) electrons. The number of carbonyl (C=O) groups excluding carboxylic acids is 1. The Kier molecular flexibility index (Phi) is 5.54. The zero-order chi connectivity index (χ0) is 16.8. The summed E-state index contributed by atoms with van der Waals surface area (Å²) in [6.45, 7) is -0.225. The van der Waals surface area contributed by atoms with Crippen molar-refractivity contribution in [1.29, 1.82) is 0 Å². The molecule has 3 rings (SSSR count). The fourth-order valence-corrected chi connectivity index (χ4v) is 3.02. The van der Waals surface area contributed by atoms with Crippen LogP contribution in [0.5, 0.6) is 5.75 Å². The normalized spacial score (nSPS) is 16.5. The second-order valence-electron chi connectivity index (χ2n) is 6.13. The van der Waals surface area contributed by atoms with Crippen molar-refractivity contribution in [1.82, 2.24) is 5.32 Å². The predicted octanol–water partition coefficient (Wildman–Crippen LogP) is 3.45.